The number of guanidine groups is 1. The SMILES string of the molecule is CCNC(=NCC1CCCO1)NCCCOc1ccc(OC)cc1.I. The number of nitrogens with zero attached hydrogens (tertiary/aromatic N) is 1. The van der Waals surface area contributed by atoms with Crippen LogP contribution < -0.4 is 20.1 Å². The lowest BCUT2D eigenvalue weighted by atomic mass is 10.2. The Morgan fingerprint density at radius 2 is 2.00 bits per heavy atom. The van der Waals surface area contributed by atoms with Crippen molar-refractivity contribution in [3.63, 3.8) is 0 Å². The monoisotopic (exact) mass is 463 g/mol. The van der Waals surface area contributed by atoms with E-state index >= 15 is 0 Å². The summed E-state index contributed by atoms with van der Waals surface area (Å²) in [5.74, 6) is 2.54. The molecular formula is C18H30IN3O3. The molecule has 1 aromatic rings. The lowest BCUT2D eigenvalue weighted by Gasteiger charge is -2.13. The first-order valence-electron chi connectivity index (χ1n) is 8.72. The third-order valence-electron chi connectivity index (χ3n) is 3.76. The Bertz CT molecular complexity index is 491. The van der Waals surface area contributed by atoms with Crippen LogP contribution in [-0.4, -0.2) is 52.0 Å². The summed E-state index contributed by atoms with van der Waals surface area (Å²) >= 11 is 0. The highest BCUT2D eigenvalue weighted by Gasteiger charge is 2.14. The van der Waals surface area contributed by atoms with Gasteiger partial charge in [0.2, 0.25) is 0 Å². The molecule has 1 saturated heterocycles. The molecule has 1 heterocycles. The highest BCUT2D eigenvalue weighted by Crippen LogP contribution is 2.17. The van der Waals surface area contributed by atoms with Crippen LogP contribution >= 0.6 is 24.0 Å². The van der Waals surface area contributed by atoms with Gasteiger partial charge in [-0.15, -0.1) is 24.0 Å². The molecule has 0 aromatic heterocycles. The highest BCUT2D eigenvalue weighted by atomic mass is 127. The molecule has 25 heavy (non-hydrogen) atoms. The molecule has 0 aliphatic carbocycles. The second-order valence-corrected chi connectivity index (χ2v) is 5.66. The van der Waals surface area contributed by atoms with Gasteiger partial charge < -0.3 is 24.8 Å². The van der Waals surface area contributed by atoms with Crippen LogP contribution in [0.25, 0.3) is 0 Å². The minimum atomic E-state index is 0. The number of halogens is 1. The molecule has 0 bridgehead atoms. The Hall–Kier alpha value is -1.22. The average Bonchev–Trinajstić information content (AvgIpc) is 3.13. The molecule has 1 aliphatic heterocycles. The average molecular weight is 463 g/mol. The summed E-state index contributed by atoms with van der Waals surface area (Å²) < 4.78 is 16.4. The summed E-state index contributed by atoms with van der Waals surface area (Å²) in [4.78, 5) is 4.59. The molecule has 7 heteroatoms. The van der Waals surface area contributed by atoms with E-state index in [1.165, 1.54) is 0 Å². The van der Waals surface area contributed by atoms with Gasteiger partial charge in [0, 0.05) is 19.7 Å². The zero-order chi connectivity index (χ0) is 17.0. The van der Waals surface area contributed by atoms with Crippen molar-refractivity contribution in [2.45, 2.75) is 32.3 Å². The summed E-state index contributed by atoms with van der Waals surface area (Å²) in [5, 5.41) is 6.59. The predicted molar refractivity (Wildman–Crippen MR) is 111 cm³/mol. The summed E-state index contributed by atoms with van der Waals surface area (Å²) in [5.41, 5.74) is 0. The van der Waals surface area contributed by atoms with Gasteiger partial charge in [0.25, 0.3) is 0 Å². The van der Waals surface area contributed by atoms with Gasteiger partial charge in [-0.3, -0.25) is 4.99 Å². The lowest BCUT2D eigenvalue weighted by molar-refractivity contribution is 0.117. The van der Waals surface area contributed by atoms with Crippen LogP contribution in [0.4, 0.5) is 0 Å². The van der Waals surface area contributed by atoms with Gasteiger partial charge in [0.15, 0.2) is 5.96 Å². The van der Waals surface area contributed by atoms with Gasteiger partial charge in [-0.1, -0.05) is 0 Å². The zero-order valence-electron chi connectivity index (χ0n) is 15.1. The predicted octanol–water partition coefficient (Wildman–Crippen LogP) is 2.82. The third kappa shape index (κ3) is 8.62. The largest absolute Gasteiger partial charge is 0.497 e. The summed E-state index contributed by atoms with van der Waals surface area (Å²) in [6.07, 6.45) is 3.43. The molecule has 0 radical (unpaired) electrons. The number of rotatable bonds is 9. The molecule has 2 N–H and O–H groups in total. The fraction of sp³-hybridized carbons (Fsp3) is 0.611. The number of ether oxygens (including phenoxy) is 3. The number of benzene rings is 1. The van der Waals surface area contributed by atoms with Gasteiger partial charge in [-0.05, 0) is 50.5 Å². The zero-order valence-corrected chi connectivity index (χ0v) is 17.5. The standard InChI is InChI=1S/C18H29N3O3.HI/c1-3-19-18(21-14-17-6-4-12-24-17)20-11-5-13-23-16-9-7-15(22-2)8-10-16;/h7-10,17H,3-6,11-14H2,1-2H3,(H2,19,20,21);1H. The smallest absolute Gasteiger partial charge is 0.191 e. The Morgan fingerprint density at radius 3 is 2.64 bits per heavy atom. The van der Waals surface area contributed by atoms with Crippen LogP contribution in [0.5, 0.6) is 11.5 Å². The molecule has 6 nitrogen and oxygen atoms in total. The molecular weight excluding hydrogens is 433 g/mol. The number of hydrogen-bond acceptors (Lipinski definition) is 4. The lowest BCUT2D eigenvalue weighted by Crippen LogP contribution is -2.38. The van der Waals surface area contributed by atoms with E-state index < -0.39 is 0 Å². The van der Waals surface area contributed by atoms with E-state index in [4.69, 9.17) is 14.2 Å². The highest BCUT2D eigenvalue weighted by molar-refractivity contribution is 14.0. The molecule has 1 aliphatic rings. The van der Waals surface area contributed by atoms with Crippen LogP contribution in [0.15, 0.2) is 29.3 Å². The fourth-order valence-electron chi connectivity index (χ4n) is 2.46. The van der Waals surface area contributed by atoms with E-state index in [-0.39, 0.29) is 30.1 Å². The maximum atomic E-state index is 5.71. The second-order valence-electron chi connectivity index (χ2n) is 5.66. The van der Waals surface area contributed by atoms with Crippen LogP contribution in [0.2, 0.25) is 0 Å². The molecule has 142 valence electrons. The second kappa shape index (κ2) is 13.0. The van der Waals surface area contributed by atoms with E-state index in [9.17, 15) is 0 Å². The van der Waals surface area contributed by atoms with E-state index in [2.05, 4.69) is 22.5 Å². The first kappa shape index (κ1) is 21.8. The van der Waals surface area contributed by atoms with Crippen LogP contribution in [0.1, 0.15) is 26.2 Å². The van der Waals surface area contributed by atoms with E-state index in [0.717, 1.165) is 63.0 Å². The van der Waals surface area contributed by atoms with Crippen molar-refractivity contribution < 1.29 is 14.2 Å². The number of nitrogens with one attached hydrogen (secondary N) is 2. The van der Waals surface area contributed by atoms with Gasteiger partial charge in [0.1, 0.15) is 11.5 Å². The number of aliphatic imine (C=N–C) groups is 1. The van der Waals surface area contributed by atoms with Gasteiger partial charge in [-0.25, -0.2) is 0 Å². The van der Waals surface area contributed by atoms with Gasteiger partial charge in [-0.2, -0.15) is 0 Å². The molecule has 0 saturated carbocycles. The van der Waals surface area contributed by atoms with Crippen molar-refractivity contribution in [1.82, 2.24) is 10.6 Å². The Kier molecular flexibility index (Phi) is 11.4. The fourth-order valence-corrected chi connectivity index (χ4v) is 2.46. The van der Waals surface area contributed by atoms with E-state index in [1.54, 1.807) is 7.11 Å². The first-order valence-corrected chi connectivity index (χ1v) is 8.72. The van der Waals surface area contributed by atoms with E-state index in [0.29, 0.717) is 6.61 Å². The number of hydrogen-bond donors (Lipinski definition) is 2. The van der Waals surface area contributed by atoms with Crippen molar-refractivity contribution >= 4 is 29.9 Å². The van der Waals surface area contributed by atoms with Crippen LogP contribution in [0.3, 0.4) is 0 Å². The van der Waals surface area contributed by atoms with Crippen LogP contribution in [0, 0.1) is 0 Å². The Labute approximate surface area is 167 Å². The van der Waals surface area contributed by atoms with E-state index in [1.807, 2.05) is 24.3 Å². The van der Waals surface area contributed by atoms with Crippen molar-refractivity contribution in [1.29, 1.82) is 0 Å². The normalized spacial score (nSPS) is 16.9. The molecule has 2 rings (SSSR count). The van der Waals surface area contributed by atoms with Crippen LogP contribution in [-0.2, 0) is 4.74 Å². The quantitative estimate of drug-likeness (QED) is 0.255. The molecule has 1 aromatic carbocycles. The van der Waals surface area contributed by atoms with Crippen molar-refractivity contribution in [3.05, 3.63) is 24.3 Å². The third-order valence-corrected chi connectivity index (χ3v) is 3.76. The minimum Gasteiger partial charge on any atom is -0.497 e. The molecule has 1 unspecified atom stereocenters. The maximum absolute atomic E-state index is 5.71. The van der Waals surface area contributed by atoms with Crippen molar-refractivity contribution in [3.8, 4) is 11.5 Å². The summed E-state index contributed by atoms with van der Waals surface area (Å²) in [6, 6.07) is 7.63. The minimum absolute atomic E-state index is 0. The molecule has 1 atom stereocenters. The van der Waals surface area contributed by atoms with Gasteiger partial charge >= 0.3 is 0 Å². The molecule has 0 amide bonds. The number of methoxy groups -OCH3 is 1. The maximum Gasteiger partial charge on any atom is 0.191 e. The van der Waals surface area contributed by atoms with Crippen molar-refractivity contribution in [2.75, 3.05) is 40.0 Å². The Morgan fingerprint density at radius 1 is 1.24 bits per heavy atom. The summed E-state index contributed by atoms with van der Waals surface area (Å²) in [6.45, 7) is 5.97. The summed E-state index contributed by atoms with van der Waals surface area (Å²) in [7, 11) is 1.66. The topological polar surface area (TPSA) is 64.1 Å². The Balaban J connectivity index is 0.00000312. The molecule has 0 spiro atoms. The van der Waals surface area contributed by atoms with Gasteiger partial charge in [0.05, 0.1) is 26.4 Å². The molecule has 1 fully saturated rings. The van der Waals surface area contributed by atoms with Crippen molar-refractivity contribution in [2.24, 2.45) is 4.99 Å². The first-order chi connectivity index (χ1) is 11.8.